The number of hydrogen-bond donors (Lipinski definition) is 3. The van der Waals surface area contributed by atoms with Crippen molar-refractivity contribution in [2.45, 2.75) is 38.8 Å². The summed E-state index contributed by atoms with van der Waals surface area (Å²) >= 11 is 0. The van der Waals surface area contributed by atoms with E-state index in [-0.39, 0.29) is 25.0 Å². The van der Waals surface area contributed by atoms with Crippen LogP contribution in [0.5, 0.6) is 0 Å². The highest BCUT2D eigenvalue weighted by Gasteiger charge is 2.20. The minimum absolute atomic E-state index is 0.163. The molecule has 0 unspecified atom stereocenters. The maximum atomic E-state index is 11.7. The van der Waals surface area contributed by atoms with Gasteiger partial charge in [-0.1, -0.05) is 19.9 Å². The standard InChI is InChI=1S/C16H26N4O3/c1-3-16(17,4-2)12-20-15(22)11-23-10-14(21)19-9-13-6-5-7-18-8-13/h5-8H,3-4,9-12,17H2,1-2H3,(H,19,21)(H,20,22). The van der Waals surface area contributed by atoms with E-state index >= 15 is 0 Å². The molecule has 0 aliphatic heterocycles. The molecule has 7 nitrogen and oxygen atoms in total. The van der Waals surface area contributed by atoms with Crippen LogP contribution >= 0.6 is 0 Å². The van der Waals surface area contributed by atoms with E-state index in [0.29, 0.717) is 13.1 Å². The first-order valence-electron chi connectivity index (χ1n) is 7.78. The fraction of sp³-hybridized carbons (Fsp3) is 0.562. The molecule has 1 rings (SSSR count). The third-order valence-corrected chi connectivity index (χ3v) is 3.72. The summed E-state index contributed by atoms with van der Waals surface area (Å²) in [7, 11) is 0. The van der Waals surface area contributed by atoms with Gasteiger partial charge >= 0.3 is 0 Å². The number of carbonyl (C=O) groups excluding carboxylic acids is 2. The Morgan fingerprint density at radius 2 is 1.87 bits per heavy atom. The second-order valence-corrected chi connectivity index (χ2v) is 5.48. The lowest BCUT2D eigenvalue weighted by atomic mass is 9.94. The maximum absolute atomic E-state index is 11.7. The predicted molar refractivity (Wildman–Crippen MR) is 87.4 cm³/mol. The van der Waals surface area contributed by atoms with Gasteiger partial charge in [-0.25, -0.2) is 0 Å². The van der Waals surface area contributed by atoms with Crippen LogP contribution < -0.4 is 16.4 Å². The maximum Gasteiger partial charge on any atom is 0.246 e. The molecule has 0 atom stereocenters. The first-order chi connectivity index (χ1) is 11.0. The Balaban J connectivity index is 2.15. The highest BCUT2D eigenvalue weighted by molar-refractivity contribution is 5.79. The van der Waals surface area contributed by atoms with Crippen molar-refractivity contribution in [3.63, 3.8) is 0 Å². The van der Waals surface area contributed by atoms with Gasteiger partial charge in [0.2, 0.25) is 11.8 Å². The van der Waals surface area contributed by atoms with Crippen LogP contribution in [0.1, 0.15) is 32.3 Å². The Morgan fingerprint density at radius 1 is 1.22 bits per heavy atom. The average molecular weight is 322 g/mol. The van der Waals surface area contributed by atoms with Crippen molar-refractivity contribution in [2.75, 3.05) is 19.8 Å². The minimum Gasteiger partial charge on any atom is -0.362 e. The molecule has 0 fully saturated rings. The number of nitrogens with two attached hydrogens (primary N) is 1. The Kier molecular flexibility index (Phi) is 8.21. The Labute approximate surface area is 137 Å². The molecule has 0 aliphatic rings. The molecular formula is C16H26N4O3. The van der Waals surface area contributed by atoms with Crippen molar-refractivity contribution in [1.29, 1.82) is 0 Å². The van der Waals surface area contributed by atoms with E-state index in [1.165, 1.54) is 0 Å². The molecule has 0 saturated carbocycles. The highest BCUT2D eigenvalue weighted by Crippen LogP contribution is 2.08. The normalized spacial score (nSPS) is 11.1. The van der Waals surface area contributed by atoms with E-state index < -0.39 is 5.54 Å². The summed E-state index contributed by atoms with van der Waals surface area (Å²) in [6.45, 7) is 4.42. The monoisotopic (exact) mass is 322 g/mol. The van der Waals surface area contributed by atoms with Gasteiger partial charge in [0.1, 0.15) is 13.2 Å². The number of aromatic nitrogens is 1. The first kappa shape index (κ1) is 19.1. The molecule has 0 spiro atoms. The van der Waals surface area contributed by atoms with Crippen LogP contribution in [0.2, 0.25) is 0 Å². The number of ether oxygens (including phenoxy) is 1. The molecule has 1 heterocycles. The zero-order valence-electron chi connectivity index (χ0n) is 13.8. The number of amides is 2. The van der Waals surface area contributed by atoms with Gasteiger partial charge in [0.15, 0.2) is 0 Å². The molecule has 2 amide bonds. The van der Waals surface area contributed by atoms with E-state index in [2.05, 4.69) is 15.6 Å². The van der Waals surface area contributed by atoms with Crippen LogP contribution in [-0.2, 0) is 20.9 Å². The summed E-state index contributed by atoms with van der Waals surface area (Å²) in [5.74, 6) is -0.557. The van der Waals surface area contributed by atoms with Crippen LogP contribution in [-0.4, -0.2) is 42.1 Å². The van der Waals surface area contributed by atoms with Crippen LogP contribution in [0, 0.1) is 0 Å². The lowest BCUT2D eigenvalue weighted by Gasteiger charge is -2.26. The molecule has 1 aromatic rings. The molecule has 0 saturated heterocycles. The summed E-state index contributed by atoms with van der Waals surface area (Å²) < 4.78 is 5.10. The van der Waals surface area contributed by atoms with Crippen LogP contribution in [0.25, 0.3) is 0 Å². The zero-order chi connectivity index (χ0) is 17.1. The number of carbonyl (C=O) groups is 2. The summed E-state index contributed by atoms with van der Waals surface area (Å²) in [5, 5.41) is 5.42. The smallest absolute Gasteiger partial charge is 0.246 e. The van der Waals surface area contributed by atoms with Crippen molar-refractivity contribution in [3.05, 3.63) is 30.1 Å². The van der Waals surface area contributed by atoms with Crippen molar-refractivity contribution in [3.8, 4) is 0 Å². The SMILES string of the molecule is CCC(N)(CC)CNC(=O)COCC(=O)NCc1cccnc1. The van der Waals surface area contributed by atoms with Gasteiger partial charge in [-0.15, -0.1) is 0 Å². The van der Waals surface area contributed by atoms with E-state index in [0.717, 1.165) is 18.4 Å². The first-order valence-corrected chi connectivity index (χ1v) is 7.78. The van der Waals surface area contributed by atoms with E-state index in [1.807, 2.05) is 19.9 Å². The Hall–Kier alpha value is -1.99. The molecule has 0 radical (unpaired) electrons. The molecule has 0 aromatic carbocycles. The summed E-state index contributed by atoms with van der Waals surface area (Å²) in [4.78, 5) is 27.2. The lowest BCUT2D eigenvalue weighted by Crippen LogP contribution is -2.49. The topological polar surface area (TPSA) is 106 Å². The molecular weight excluding hydrogens is 296 g/mol. The fourth-order valence-corrected chi connectivity index (χ4v) is 1.82. The Morgan fingerprint density at radius 3 is 2.43 bits per heavy atom. The average Bonchev–Trinajstić information content (AvgIpc) is 2.59. The molecule has 0 aliphatic carbocycles. The zero-order valence-corrected chi connectivity index (χ0v) is 13.8. The Bertz CT molecular complexity index is 489. The van der Waals surface area contributed by atoms with Crippen LogP contribution in [0.4, 0.5) is 0 Å². The van der Waals surface area contributed by atoms with Gasteiger partial charge in [-0.3, -0.25) is 14.6 Å². The predicted octanol–water partition coefficient (Wildman–Crippen LogP) is 0.348. The molecule has 4 N–H and O–H groups in total. The second kappa shape index (κ2) is 9.91. The van der Waals surface area contributed by atoms with Gasteiger partial charge in [0, 0.05) is 31.0 Å². The van der Waals surface area contributed by atoms with Crippen molar-refractivity contribution < 1.29 is 14.3 Å². The lowest BCUT2D eigenvalue weighted by molar-refractivity contribution is -0.131. The van der Waals surface area contributed by atoms with Gasteiger partial charge in [-0.2, -0.15) is 0 Å². The molecule has 23 heavy (non-hydrogen) atoms. The summed E-state index contributed by atoms with van der Waals surface area (Å²) in [5.41, 5.74) is 6.60. The van der Waals surface area contributed by atoms with Gasteiger partial charge < -0.3 is 21.1 Å². The third kappa shape index (κ3) is 7.71. The fourth-order valence-electron chi connectivity index (χ4n) is 1.82. The summed E-state index contributed by atoms with van der Waals surface area (Å²) in [6.07, 6.45) is 4.90. The van der Waals surface area contributed by atoms with E-state index in [1.54, 1.807) is 18.5 Å². The van der Waals surface area contributed by atoms with Crippen LogP contribution in [0.3, 0.4) is 0 Å². The van der Waals surface area contributed by atoms with Crippen molar-refractivity contribution in [2.24, 2.45) is 5.73 Å². The van der Waals surface area contributed by atoms with Crippen molar-refractivity contribution >= 4 is 11.8 Å². The largest absolute Gasteiger partial charge is 0.362 e. The quantitative estimate of drug-likeness (QED) is 0.576. The van der Waals surface area contributed by atoms with Gasteiger partial charge in [0.25, 0.3) is 0 Å². The minimum atomic E-state index is -0.392. The number of nitrogens with one attached hydrogen (secondary N) is 2. The molecule has 0 bridgehead atoms. The molecule has 128 valence electrons. The van der Waals surface area contributed by atoms with Gasteiger partial charge in [0.05, 0.1) is 0 Å². The number of hydrogen-bond acceptors (Lipinski definition) is 5. The van der Waals surface area contributed by atoms with E-state index in [9.17, 15) is 9.59 Å². The van der Waals surface area contributed by atoms with Crippen LogP contribution in [0.15, 0.2) is 24.5 Å². The van der Waals surface area contributed by atoms with Gasteiger partial charge in [-0.05, 0) is 24.5 Å². The molecule has 7 heteroatoms. The van der Waals surface area contributed by atoms with E-state index in [4.69, 9.17) is 10.5 Å². The third-order valence-electron chi connectivity index (χ3n) is 3.72. The number of nitrogens with zero attached hydrogens (tertiary/aromatic N) is 1. The number of pyridine rings is 1. The van der Waals surface area contributed by atoms with Crippen molar-refractivity contribution in [1.82, 2.24) is 15.6 Å². The number of rotatable bonds is 10. The second-order valence-electron chi connectivity index (χ2n) is 5.48. The summed E-state index contributed by atoms with van der Waals surface area (Å²) in [6, 6.07) is 3.66. The highest BCUT2D eigenvalue weighted by atomic mass is 16.5. The molecule has 1 aromatic heterocycles.